The van der Waals surface area contributed by atoms with Gasteiger partial charge in [0.2, 0.25) is 0 Å². The molecule has 0 radical (unpaired) electrons. The van der Waals surface area contributed by atoms with Crippen molar-refractivity contribution >= 4 is 22.6 Å². The van der Waals surface area contributed by atoms with Gasteiger partial charge in [0.1, 0.15) is 0 Å². The maximum absolute atomic E-state index is 4.63. The van der Waals surface area contributed by atoms with Gasteiger partial charge >= 0.3 is 0 Å². The molecule has 106 valence electrons. The van der Waals surface area contributed by atoms with Gasteiger partial charge in [0.05, 0.1) is 12.2 Å². The molecule has 20 heavy (non-hydrogen) atoms. The molecule has 0 spiro atoms. The molecule has 1 aromatic heterocycles. The van der Waals surface area contributed by atoms with Crippen LogP contribution in [0.3, 0.4) is 0 Å². The minimum atomic E-state index is 0.580. The fourth-order valence-electron chi connectivity index (χ4n) is 3.13. The summed E-state index contributed by atoms with van der Waals surface area (Å²) in [5.41, 5.74) is 2.53. The summed E-state index contributed by atoms with van der Waals surface area (Å²) < 4.78 is 3.48. The number of hydrogen-bond donors (Lipinski definition) is 0. The molecule has 3 rings (SSSR count). The van der Waals surface area contributed by atoms with E-state index in [9.17, 15) is 0 Å². The van der Waals surface area contributed by atoms with Crippen LogP contribution in [-0.2, 0) is 0 Å². The Hall–Kier alpha value is -0.840. The van der Waals surface area contributed by atoms with Gasteiger partial charge in [-0.2, -0.15) is 5.10 Å². The van der Waals surface area contributed by atoms with Crippen LogP contribution >= 0.6 is 22.6 Å². The molecule has 1 heterocycles. The van der Waals surface area contributed by atoms with Gasteiger partial charge in [0.15, 0.2) is 0 Å². The second kappa shape index (κ2) is 5.88. The standard InChI is InChI=1S/C17H21IN2/c1-12-7-8-15(9-13(12)2)20-11-14(10-19-20)16-5-3-4-6-17(16)18/h3-6,10-13,15H,7-9H2,1-2H3. The number of halogens is 1. The topological polar surface area (TPSA) is 17.8 Å². The first-order valence-corrected chi connectivity index (χ1v) is 8.52. The summed E-state index contributed by atoms with van der Waals surface area (Å²) in [6.45, 7) is 4.75. The van der Waals surface area contributed by atoms with Gasteiger partial charge in [-0.25, -0.2) is 0 Å². The van der Waals surface area contributed by atoms with Crippen LogP contribution in [0.1, 0.15) is 39.2 Å². The molecule has 1 fully saturated rings. The van der Waals surface area contributed by atoms with E-state index in [-0.39, 0.29) is 0 Å². The Balaban J connectivity index is 1.82. The maximum atomic E-state index is 4.63. The van der Waals surface area contributed by atoms with Crippen molar-refractivity contribution in [2.75, 3.05) is 0 Å². The van der Waals surface area contributed by atoms with Crippen molar-refractivity contribution < 1.29 is 0 Å². The SMILES string of the molecule is CC1CCC(n2cc(-c3ccccc3I)cn2)CC1C. The first kappa shape index (κ1) is 14.1. The molecule has 2 aromatic rings. The van der Waals surface area contributed by atoms with Crippen molar-refractivity contribution in [1.82, 2.24) is 9.78 Å². The predicted octanol–water partition coefficient (Wildman–Crippen LogP) is 5.15. The third-order valence-electron chi connectivity index (χ3n) is 4.73. The van der Waals surface area contributed by atoms with Gasteiger partial charge < -0.3 is 0 Å². The van der Waals surface area contributed by atoms with E-state index in [4.69, 9.17) is 0 Å². The van der Waals surface area contributed by atoms with E-state index < -0.39 is 0 Å². The van der Waals surface area contributed by atoms with Gasteiger partial charge in [-0.15, -0.1) is 0 Å². The van der Waals surface area contributed by atoms with Crippen molar-refractivity contribution in [3.63, 3.8) is 0 Å². The van der Waals surface area contributed by atoms with Crippen molar-refractivity contribution in [2.45, 2.75) is 39.2 Å². The van der Waals surface area contributed by atoms with Crippen LogP contribution in [0.25, 0.3) is 11.1 Å². The van der Waals surface area contributed by atoms with Crippen LogP contribution in [0.4, 0.5) is 0 Å². The summed E-state index contributed by atoms with van der Waals surface area (Å²) in [4.78, 5) is 0. The molecule has 0 saturated heterocycles. The Labute approximate surface area is 134 Å². The lowest BCUT2D eigenvalue weighted by molar-refractivity contribution is 0.201. The molecule has 0 N–H and O–H groups in total. The van der Waals surface area contributed by atoms with Gasteiger partial charge in [0, 0.05) is 15.3 Å². The van der Waals surface area contributed by atoms with Crippen LogP contribution in [0.5, 0.6) is 0 Å². The zero-order valence-corrected chi connectivity index (χ0v) is 14.2. The van der Waals surface area contributed by atoms with Crippen molar-refractivity contribution in [3.8, 4) is 11.1 Å². The van der Waals surface area contributed by atoms with Crippen LogP contribution in [0.2, 0.25) is 0 Å². The minimum Gasteiger partial charge on any atom is -0.269 e. The second-order valence-corrected chi connectivity index (χ2v) is 7.27. The highest BCUT2D eigenvalue weighted by atomic mass is 127. The minimum absolute atomic E-state index is 0.580. The smallest absolute Gasteiger partial charge is 0.0568 e. The molecule has 0 amide bonds. The lowest BCUT2D eigenvalue weighted by Crippen LogP contribution is -2.23. The molecule has 2 nitrogen and oxygen atoms in total. The van der Waals surface area contributed by atoms with Crippen molar-refractivity contribution in [2.24, 2.45) is 11.8 Å². The number of benzene rings is 1. The molecule has 1 aromatic carbocycles. The highest BCUT2D eigenvalue weighted by Crippen LogP contribution is 2.36. The van der Waals surface area contributed by atoms with Crippen LogP contribution < -0.4 is 0 Å². The van der Waals surface area contributed by atoms with Gasteiger partial charge in [-0.3, -0.25) is 4.68 Å². The first-order valence-electron chi connectivity index (χ1n) is 7.44. The fraction of sp³-hybridized carbons (Fsp3) is 0.471. The Morgan fingerprint density at radius 3 is 2.70 bits per heavy atom. The molecule has 1 aliphatic rings. The molecule has 3 atom stereocenters. The maximum Gasteiger partial charge on any atom is 0.0568 e. The van der Waals surface area contributed by atoms with Crippen molar-refractivity contribution in [1.29, 1.82) is 0 Å². The molecule has 0 bridgehead atoms. The Kier molecular flexibility index (Phi) is 4.15. The number of aromatic nitrogens is 2. The third kappa shape index (κ3) is 2.78. The van der Waals surface area contributed by atoms with E-state index in [1.165, 1.54) is 34.0 Å². The summed E-state index contributed by atoms with van der Waals surface area (Å²) in [5.74, 6) is 1.66. The molecule has 1 saturated carbocycles. The summed E-state index contributed by atoms with van der Waals surface area (Å²) in [6.07, 6.45) is 8.08. The summed E-state index contributed by atoms with van der Waals surface area (Å²) in [7, 11) is 0. The van der Waals surface area contributed by atoms with Gasteiger partial charge in [-0.1, -0.05) is 32.0 Å². The largest absolute Gasteiger partial charge is 0.269 e. The van der Waals surface area contributed by atoms with Crippen LogP contribution in [0.15, 0.2) is 36.7 Å². The summed E-state index contributed by atoms with van der Waals surface area (Å²) in [6, 6.07) is 9.09. The lowest BCUT2D eigenvalue weighted by atomic mass is 9.79. The highest BCUT2D eigenvalue weighted by Gasteiger charge is 2.26. The molecule has 0 aliphatic heterocycles. The number of nitrogens with zero attached hydrogens (tertiary/aromatic N) is 2. The predicted molar refractivity (Wildman–Crippen MR) is 91.6 cm³/mol. The van der Waals surface area contributed by atoms with E-state index in [1.54, 1.807) is 0 Å². The van der Waals surface area contributed by atoms with Crippen LogP contribution in [0, 0.1) is 15.4 Å². The van der Waals surface area contributed by atoms with E-state index in [2.05, 4.69) is 76.7 Å². The zero-order chi connectivity index (χ0) is 14.1. The van der Waals surface area contributed by atoms with Gasteiger partial charge in [-0.05, 0) is 65.3 Å². The van der Waals surface area contributed by atoms with E-state index in [0.717, 1.165) is 11.8 Å². The Bertz CT molecular complexity index is 590. The average molecular weight is 380 g/mol. The van der Waals surface area contributed by atoms with Crippen LogP contribution in [-0.4, -0.2) is 9.78 Å². The monoisotopic (exact) mass is 380 g/mol. The molecule has 3 heteroatoms. The number of rotatable bonds is 2. The van der Waals surface area contributed by atoms with E-state index >= 15 is 0 Å². The fourth-order valence-corrected chi connectivity index (χ4v) is 3.83. The van der Waals surface area contributed by atoms with E-state index in [1.807, 2.05) is 6.20 Å². The summed E-state index contributed by atoms with van der Waals surface area (Å²) >= 11 is 2.40. The van der Waals surface area contributed by atoms with E-state index in [0.29, 0.717) is 6.04 Å². The molecule has 1 aliphatic carbocycles. The summed E-state index contributed by atoms with van der Waals surface area (Å²) in [5, 5.41) is 4.63. The molecule has 3 unspecified atom stereocenters. The lowest BCUT2D eigenvalue weighted by Gasteiger charge is -2.32. The quantitative estimate of drug-likeness (QED) is 0.659. The highest BCUT2D eigenvalue weighted by molar-refractivity contribution is 14.1. The molecular formula is C17H21IN2. The Morgan fingerprint density at radius 2 is 1.95 bits per heavy atom. The third-order valence-corrected chi connectivity index (χ3v) is 5.67. The van der Waals surface area contributed by atoms with Crippen molar-refractivity contribution in [3.05, 3.63) is 40.2 Å². The number of hydrogen-bond acceptors (Lipinski definition) is 1. The molecular weight excluding hydrogens is 359 g/mol. The Morgan fingerprint density at radius 1 is 1.15 bits per heavy atom. The second-order valence-electron chi connectivity index (χ2n) is 6.11. The average Bonchev–Trinajstić information content (AvgIpc) is 2.92. The normalized spacial score (nSPS) is 26.6. The van der Waals surface area contributed by atoms with Gasteiger partial charge in [0.25, 0.3) is 0 Å². The first-order chi connectivity index (χ1) is 9.65. The zero-order valence-electron chi connectivity index (χ0n) is 12.1.